The molecule has 1 aliphatic rings. The highest BCUT2D eigenvalue weighted by Crippen LogP contribution is 2.29. The number of pyridine rings is 1. The van der Waals surface area contributed by atoms with Gasteiger partial charge in [0.2, 0.25) is 0 Å². The predicted octanol–water partition coefficient (Wildman–Crippen LogP) is 4.24. The maximum Gasteiger partial charge on any atom is 0.275 e. The van der Waals surface area contributed by atoms with E-state index >= 15 is 0 Å². The van der Waals surface area contributed by atoms with Crippen molar-refractivity contribution in [2.24, 2.45) is 0 Å². The molecule has 4 nitrogen and oxygen atoms in total. The molecule has 0 spiro atoms. The van der Waals surface area contributed by atoms with Crippen molar-refractivity contribution in [2.75, 3.05) is 23.3 Å². The van der Waals surface area contributed by atoms with Crippen molar-refractivity contribution in [3.05, 3.63) is 52.3 Å². The molecule has 0 unspecified atom stereocenters. The Morgan fingerprint density at radius 3 is 2.59 bits per heavy atom. The second-order valence-corrected chi connectivity index (χ2v) is 5.92. The van der Waals surface area contributed by atoms with Gasteiger partial charge in [0.15, 0.2) is 0 Å². The van der Waals surface area contributed by atoms with E-state index in [4.69, 9.17) is 23.2 Å². The summed E-state index contributed by atoms with van der Waals surface area (Å²) in [6, 6.07) is 10.9. The van der Waals surface area contributed by atoms with Crippen LogP contribution in [-0.4, -0.2) is 24.0 Å². The fourth-order valence-corrected chi connectivity index (χ4v) is 2.91. The van der Waals surface area contributed by atoms with Gasteiger partial charge >= 0.3 is 0 Å². The van der Waals surface area contributed by atoms with Crippen LogP contribution in [0.15, 0.2) is 36.4 Å². The molecule has 2 aromatic rings. The number of rotatable bonds is 3. The highest BCUT2D eigenvalue weighted by atomic mass is 35.5. The van der Waals surface area contributed by atoms with Crippen molar-refractivity contribution in [3.63, 3.8) is 0 Å². The van der Waals surface area contributed by atoms with Crippen LogP contribution in [0.3, 0.4) is 0 Å². The average Bonchev–Trinajstić information content (AvgIpc) is 3.04. The van der Waals surface area contributed by atoms with Gasteiger partial charge in [0, 0.05) is 13.1 Å². The van der Waals surface area contributed by atoms with Crippen molar-refractivity contribution in [1.82, 2.24) is 4.98 Å². The molecule has 3 rings (SSSR count). The van der Waals surface area contributed by atoms with Gasteiger partial charge in [0.1, 0.15) is 10.8 Å². The van der Waals surface area contributed by atoms with Gasteiger partial charge in [-0.15, -0.1) is 0 Å². The Bertz CT molecular complexity index is 700. The third-order valence-corrected chi connectivity index (χ3v) is 4.14. The molecule has 6 heteroatoms. The molecule has 114 valence electrons. The molecule has 0 radical (unpaired) electrons. The smallest absolute Gasteiger partial charge is 0.275 e. The number of halogens is 2. The fourth-order valence-electron chi connectivity index (χ4n) is 2.57. The summed E-state index contributed by atoms with van der Waals surface area (Å²) in [4.78, 5) is 18.7. The molecular weight excluding hydrogens is 321 g/mol. The number of carbonyl (C=O) groups is 1. The van der Waals surface area contributed by atoms with Gasteiger partial charge in [-0.2, -0.15) is 0 Å². The normalized spacial score (nSPS) is 14.2. The number of nitrogens with one attached hydrogen (secondary N) is 1. The minimum absolute atomic E-state index is 0.130. The van der Waals surface area contributed by atoms with E-state index in [0.717, 1.165) is 24.5 Å². The summed E-state index contributed by atoms with van der Waals surface area (Å²) in [5.41, 5.74) is 1.91. The number of benzene rings is 1. The predicted molar refractivity (Wildman–Crippen MR) is 90.1 cm³/mol. The first-order chi connectivity index (χ1) is 10.6. The van der Waals surface area contributed by atoms with E-state index in [9.17, 15) is 4.79 Å². The van der Waals surface area contributed by atoms with Crippen molar-refractivity contribution < 1.29 is 4.79 Å². The standard InChI is InChI=1S/C16H15Cl2N3O/c17-11-7-8-14(18)20-15(11)16(22)19-12-5-1-2-6-13(12)21-9-3-4-10-21/h1-2,5-8H,3-4,9-10H2,(H,19,22). The first kappa shape index (κ1) is 15.1. The maximum atomic E-state index is 12.4. The van der Waals surface area contributed by atoms with E-state index in [1.54, 1.807) is 12.1 Å². The monoisotopic (exact) mass is 335 g/mol. The van der Waals surface area contributed by atoms with Gasteiger partial charge in [0.05, 0.1) is 16.4 Å². The molecule has 0 aliphatic carbocycles. The molecule has 1 N–H and O–H groups in total. The molecule has 1 aromatic carbocycles. The van der Waals surface area contributed by atoms with Gasteiger partial charge in [-0.25, -0.2) is 4.98 Å². The van der Waals surface area contributed by atoms with Crippen LogP contribution in [0, 0.1) is 0 Å². The molecular formula is C16H15Cl2N3O. The number of amides is 1. The van der Waals surface area contributed by atoms with Crippen molar-refractivity contribution in [3.8, 4) is 0 Å². The van der Waals surface area contributed by atoms with Gasteiger partial charge in [-0.3, -0.25) is 4.79 Å². The van der Waals surface area contributed by atoms with Crippen LogP contribution in [0.5, 0.6) is 0 Å². The lowest BCUT2D eigenvalue weighted by molar-refractivity contribution is 0.102. The quantitative estimate of drug-likeness (QED) is 0.853. The Morgan fingerprint density at radius 1 is 1.09 bits per heavy atom. The Hall–Kier alpha value is -1.78. The summed E-state index contributed by atoms with van der Waals surface area (Å²) in [6.45, 7) is 2.01. The van der Waals surface area contributed by atoms with E-state index in [1.165, 1.54) is 12.8 Å². The Kier molecular flexibility index (Phi) is 4.50. The number of carbonyl (C=O) groups excluding carboxylic acids is 1. The Morgan fingerprint density at radius 2 is 1.82 bits per heavy atom. The van der Waals surface area contributed by atoms with Crippen molar-refractivity contribution in [2.45, 2.75) is 12.8 Å². The molecule has 0 bridgehead atoms. The van der Waals surface area contributed by atoms with Crippen LogP contribution in [0.1, 0.15) is 23.3 Å². The number of anilines is 2. The Balaban J connectivity index is 1.86. The van der Waals surface area contributed by atoms with E-state index in [1.807, 2.05) is 24.3 Å². The zero-order valence-corrected chi connectivity index (χ0v) is 13.4. The number of hydrogen-bond acceptors (Lipinski definition) is 3. The second kappa shape index (κ2) is 6.55. The maximum absolute atomic E-state index is 12.4. The van der Waals surface area contributed by atoms with E-state index in [0.29, 0.717) is 0 Å². The largest absolute Gasteiger partial charge is 0.370 e. The molecule has 1 fully saturated rings. The molecule has 1 amide bonds. The lowest BCUT2D eigenvalue weighted by atomic mass is 10.2. The Labute approximate surface area is 139 Å². The molecule has 1 aliphatic heterocycles. The van der Waals surface area contributed by atoms with Crippen LogP contribution in [0.4, 0.5) is 11.4 Å². The highest BCUT2D eigenvalue weighted by Gasteiger charge is 2.18. The second-order valence-electron chi connectivity index (χ2n) is 5.13. The lowest BCUT2D eigenvalue weighted by Crippen LogP contribution is -2.21. The van der Waals surface area contributed by atoms with Crippen molar-refractivity contribution >= 4 is 40.5 Å². The fraction of sp³-hybridized carbons (Fsp3) is 0.250. The topological polar surface area (TPSA) is 45.2 Å². The molecule has 1 saturated heterocycles. The summed E-state index contributed by atoms with van der Waals surface area (Å²) in [5, 5.41) is 3.40. The summed E-state index contributed by atoms with van der Waals surface area (Å²) in [6.07, 6.45) is 2.34. The van der Waals surface area contributed by atoms with Gasteiger partial charge in [0.25, 0.3) is 5.91 Å². The average molecular weight is 336 g/mol. The number of aromatic nitrogens is 1. The highest BCUT2D eigenvalue weighted by molar-refractivity contribution is 6.35. The van der Waals surface area contributed by atoms with Crippen LogP contribution < -0.4 is 10.2 Å². The summed E-state index contributed by atoms with van der Waals surface area (Å²) in [5.74, 6) is -0.362. The van der Waals surface area contributed by atoms with E-state index in [-0.39, 0.29) is 21.8 Å². The van der Waals surface area contributed by atoms with Gasteiger partial charge < -0.3 is 10.2 Å². The minimum Gasteiger partial charge on any atom is -0.370 e. The molecule has 0 atom stereocenters. The first-order valence-corrected chi connectivity index (χ1v) is 7.88. The summed E-state index contributed by atoms with van der Waals surface area (Å²) in [7, 11) is 0. The van der Waals surface area contributed by atoms with Crippen LogP contribution >= 0.6 is 23.2 Å². The summed E-state index contributed by atoms with van der Waals surface area (Å²) >= 11 is 11.9. The van der Waals surface area contributed by atoms with Crippen LogP contribution in [0.2, 0.25) is 10.2 Å². The molecule has 2 heterocycles. The van der Waals surface area contributed by atoms with E-state index < -0.39 is 0 Å². The third-order valence-electron chi connectivity index (χ3n) is 3.63. The van der Waals surface area contributed by atoms with Crippen LogP contribution in [-0.2, 0) is 0 Å². The first-order valence-electron chi connectivity index (χ1n) is 7.12. The lowest BCUT2D eigenvalue weighted by Gasteiger charge is -2.21. The number of nitrogens with zero attached hydrogens (tertiary/aromatic N) is 2. The summed E-state index contributed by atoms with van der Waals surface area (Å²) < 4.78 is 0. The SMILES string of the molecule is O=C(Nc1ccccc1N1CCCC1)c1nc(Cl)ccc1Cl. The van der Waals surface area contributed by atoms with Crippen LogP contribution in [0.25, 0.3) is 0 Å². The molecule has 0 saturated carbocycles. The minimum atomic E-state index is -0.362. The van der Waals surface area contributed by atoms with Gasteiger partial charge in [-0.05, 0) is 37.1 Å². The number of hydrogen-bond donors (Lipinski definition) is 1. The molecule has 1 aromatic heterocycles. The van der Waals surface area contributed by atoms with Crippen molar-refractivity contribution in [1.29, 1.82) is 0 Å². The third kappa shape index (κ3) is 3.18. The zero-order chi connectivity index (χ0) is 15.5. The molecule has 22 heavy (non-hydrogen) atoms. The van der Waals surface area contributed by atoms with Gasteiger partial charge in [-0.1, -0.05) is 35.3 Å². The number of para-hydroxylation sites is 2. The van der Waals surface area contributed by atoms with E-state index in [2.05, 4.69) is 15.2 Å². The zero-order valence-electron chi connectivity index (χ0n) is 11.9.